The van der Waals surface area contributed by atoms with E-state index in [1.165, 1.54) is 5.56 Å². The number of anilines is 2. The van der Waals surface area contributed by atoms with Crippen molar-refractivity contribution in [3.8, 4) is 0 Å². The summed E-state index contributed by atoms with van der Waals surface area (Å²) in [6, 6.07) is 0.494. The van der Waals surface area contributed by atoms with Crippen LogP contribution in [0, 0.1) is 0 Å². The molecule has 1 aliphatic rings. The normalized spacial score (nSPS) is 21.1. The molecule has 1 atom stereocenters. The van der Waals surface area contributed by atoms with Gasteiger partial charge in [-0.15, -0.1) is 0 Å². The molecular weight excluding hydrogens is 226 g/mol. The lowest BCUT2D eigenvalue weighted by Crippen LogP contribution is -2.51. The van der Waals surface area contributed by atoms with Gasteiger partial charge in [0, 0.05) is 38.3 Å². The summed E-state index contributed by atoms with van der Waals surface area (Å²) in [5.74, 6) is 2.05. The molecule has 5 heteroatoms. The number of nitrogens with one attached hydrogen (secondary N) is 1. The van der Waals surface area contributed by atoms with E-state index in [0.29, 0.717) is 6.04 Å². The fourth-order valence-electron chi connectivity index (χ4n) is 2.65. The molecule has 1 saturated heterocycles. The second kappa shape index (κ2) is 5.52. The average molecular weight is 249 g/mol. The molecule has 0 aliphatic carbocycles. The Hall–Kier alpha value is -1.36. The van der Waals surface area contributed by atoms with Gasteiger partial charge in [-0.05, 0) is 20.4 Å². The van der Waals surface area contributed by atoms with Gasteiger partial charge >= 0.3 is 0 Å². The van der Waals surface area contributed by atoms with Crippen molar-refractivity contribution in [2.75, 3.05) is 43.9 Å². The Morgan fingerprint density at radius 2 is 2.17 bits per heavy atom. The predicted molar refractivity (Wildman–Crippen MR) is 75.3 cm³/mol. The second-order valence-electron chi connectivity index (χ2n) is 4.93. The summed E-state index contributed by atoms with van der Waals surface area (Å²) in [4.78, 5) is 13.6. The first kappa shape index (κ1) is 13.1. The molecule has 2 rings (SSSR count). The molecule has 0 radical (unpaired) electrons. The topological polar surface area (TPSA) is 44.3 Å². The van der Waals surface area contributed by atoms with Crippen LogP contribution in [0.2, 0.25) is 0 Å². The van der Waals surface area contributed by atoms with Gasteiger partial charge in [-0.2, -0.15) is 0 Å². The molecule has 18 heavy (non-hydrogen) atoms. The summed E-state index contributed by atoms with van der Waals surface area (Å²) < 4.78 is 0. The van der Waals surface area contributed by atoms with Crippen LogP contribution in [0.15, 0.2) is 6.33 Å². The van der Waals surface area contributed by atoms with Crippen LogP contribution >= 0.6 is 0 Å². The first-order chi connectivity index (χ1) is 8.67. The van der Waals surface area contributed by atoms with Crippen LogP contribution in [0.1, 0.15) is 19.4 Å². The number of likely N-dealkylation sites (N-methyl/N-ethyl adjacent to an activating group) is 1. The third-order valence-corrected chi connectivity index (χ3v) is 3.62. The molecule has 2 heterocycles. The number of aromatic nitrogens is 2. The van der Waals surface area contributed by atoms with Gasteiger partial charge in [0.05, 0.1) is 0 Å². The summed E-state index contributed by atoms with van der Waals surface area (Å²) in [5.41, 5.74) is 1.22. The third-order valence-electron chi connectivity index (χ3n) is 3.62. The van der Waals surface area contributed by atoms with Crippen molar-refractivity contribution in [2.45, 2.75) is 26.3 Å². The highest BCUT2D eigenvalue weighted by Crippen LogP contribution is 2.26. The van der Waals surface area contributed by atoms with Gasteiger partial charge in [0.1, 0.15) is 18.0 Å². The van der Waals surface area contributed by atoms with Crippen molar-refractivity contribution >= 4 is 11.6 Å². The van der Waals surface area contributed by atoms with Crippen molar-refractivity contribution in [3.05, 3.63) is 11.9 Å². The molecule has 1 aromatic heterocycles. The van der Waals surface area contributed by atoms with E-state index >= 15 is 0 Å². The van der Waals surface area contributed by atoms with Crippen LogP contribution in [0.25, 0.3) is 0 Å². The Morgan fingerprint density at radius 1 is 1.39 bits per heavy atom. The average Bonchev–Trinajstić information content (AvgIpc) is 2.37. The molecule has 0 spiro atoms. The highest BCUT2D eigenvalue weighted by atomic mass is 15.3. The minimum Gasteiger partial charge on any atom is -0.373 e. The number of hydrogen-bond donors (Lipinski definition) is 1. The molecular formula is C13H23N5. The van der Waals surface area contributed by atoms with Crippen molar-refractivity contribution < 1.29 is 0 Å². The minimum atomic E-state index is 0.494. The standard InChI is InChI=1S/C13H23N5/c1-5-11-12(14-3)15-9-16-13(11)18-7-6-17(4)8-10(18)2/h9-10H,5-8H2,1-4H3,(H,14,15,16). The Labute approximate surface area is 109 Å². The first-order valence-electron chi connectivity index (χ1n) is 6.64. The summed E-state index contributed by atoms with van der Waals surface area (Å²) in [7, 11) is 4.09. The van der Waals surface area contributed by atoms with Crippen molar-refractivity contribution in [2.24, 2.45) is 0 Å². The summed E-state index contributed by atoms with van der Waals surface area (Å²) in [5, 5.41) is 3.16. The molecule has 0 amide bonds. The fraction of sp³-hybridized carbons (Fsp3) is 0.692. The quantitative estimate of drug-likeness (QED) is 0.872. The van der Waals surface area contributed by atoms with Crippen LogP contribution in [-0.2, 0) is 6.42 Å². The van der Waals surface area contributed by atoms with E-state index in [1.807, 2.05) is 7.05 Å². The van der Waals surface area contributed by atoms with E-state index < -0.39 is 0 Å². The van der Waals surface area contributed by atoms with Crippen LogP contribution in [-0.4, -0.2) is 54.6 Å². The van der Waals surface area contributed by atoms with Crippen molar-refractivity contribution in [1.29, 1.82) is 0 Å². The molecule has 0 aromatic carbocycles. The molecule has 1 N–H and O–H groups in total. The Balaban J connectivity index is 2.32. The second-order valence-corrected chi connectivity index (χ2v) is 4.93. The molecule has 5 nitrogen and oxygen atoms in total. The van der Waals surface area contributed by atoms with Crippen LogP contribution < -0.4 is 10.2 Å². The zero-order chi connectivity index (χ0) is 13.1. The smallest absolute Gasteiger partial charge is 0.137 e. The zero-order valence-corrected chi connectivity index (χ0v) is 11.8. The monoisotopic (exact) mass is 249 g/mol. The van der Waals surface area contributed by atoms with Gasteiger partial charge in [-0.1, -0.05) is 6.92 Å². The lowest BCUT2D eigenvalue weighted by Gasteiger charge is -2.39. The number of rotatable bonds is 3. The lowest BCUT2D eigenvalue weighted by atomic mass is 10.1. The summed E-state index contributed by atoms with van der Waals surface area (Å²) in [6.07, 6.45) is 2.61. The molecule has 1 fully saturated rings. The third kappa shape index (κ3) is 2.41. The Morgan fingerprint density at radius 3 is 2.78 bits per heavy atom. The van der Waals surface area contributed by atoms with E-state index in [0.717, 1.165) is 37.7 Å². The summed E-state index contributed by atoms with van der Waals surface area (Å²) >= 11 is 0. The highest BCUT2D eigenvalue weighted by Gasteiger charge is 2.25. The van der Waals surface area contributed by atoms with Crippen molar-refractivity contribution in [1.82, 2.24) is 14.9 Å². The molecule has 1 unspecified atom stereocenters. The maximum absolute atomic E-state index is 4.51. The van der Waals surface area contributed by atoms with E-state index in [1.54, 1.807) is 6.33 Å². The van der Waals surface area contributed by atoms with Gasteiger partial charge in [-0.3, -0.25) is 0 Å². The van der Waals surface area contributed by atoms with Gasteiger partial charge in [0.25, 0.3) is 0 Å². The van der Waals surface area contributed by atoms with Gasteiger partial charge in [0.2, 0.25) is 0 Å². The molecule has 100 valence electrons. The summed E-state index contributed by atoms with van der Waals surface area (Å²) in [6.45, 7) is 7.62. The lowest BCUT2D eigenvalue weighted by molar-refractivity contribution is 0.274. The first-order valence-corrected chi connectivity index (χ1v) is 6.64. The van der Waals surface area contributed by atoms with Gasteiger partial charge in [-0.25, -0.2) is 9.97 Å². The van der Waals surface area contributed by atoms with Crippen LogP contribution in [0.5, 0.6) is 0 Å². The molecule has 0 bridgehead atoms. The largest absolute Gasteiger partial charge is 0.373 e. The minimum absolute atomic E-state index is 0.494. The van der Waals surface area contributed by atoms with Crippen LogP contribution in [0.4, 0.5) is 11.6 Å². The predicted octanol–water partition coefficient (Wildman–Crippen LogP) is 1.22. The van der Waals surface area contributed by atoms with Crippen molar-refractivity contribution in [3.63, 3.8) is 0 Å². The fourth-order valence-corrected chi connectivity index (χ4v) is 2.65. The Kier molecular flexibility index (Phi) is 4.01. The Bertz CT molecular complexity index is 406. The van der Waals surface area contributed by atoms with E-state index in [2.05, 4.69) is 46.0 Å². The van der Waals surface area contributed by atoms with E-state index in [4.69, 9.17) is 0 Å². The maximum atomic E-state index is 4.51. The van der Waals surface area contributed by atoms with Crippen LogP contribution in [0.3, 0.4) is 0 Å². The zero-order valence-electron chi connectivity index (χ0n) is 11.8. The van der Waals surface area contributed by atoms with E-state index in [9.17, 15) is 0 Å². The van der Waals surface area contributed by atoms with Gasteiger partial charge in [0.15, 0.2) is 0 Å². The SMILES string of the molecule is CCc1c(NC)ncnc1N1CCN(C)CC1C. The number of nitrogens with zero attached hydrogens (tertiary/aromatic N) is 4. The number of hydrogen-bond acceptors (Lipinski definition) is 5. The molecule has 1 aliphatic heterocycles. The molecule has 1 aromatic rings. The number of piperazine rings is 1. The van der Waals surface area contributed by atoms with Gasteiger partial charge < -0.3 is 15.1 Å². The highest BCUT2D eigenvalue weighted by molar-refractivity contribution is 5.59. The molecule has 0 saturated carbocycles. The van der Waals surface area contributed by atoms with E-state index in [-0.39, 0.29) is 0 Å². The maximum Gasteiger partial charge on any atom is 0.137 e.